The highest BCUT2D eigenvalue weighted by atomic mass is 19.1. The summed E-state index contributed by atoms with van der Waals surface area (Å²) in [6, 6.07) is 2.70. The number of halogens is 1. The van der Waals surface area contributed by atoms with Gasteiger partial charge in [0.25, 0.3) is 0 Å². The molecule has 0 aliphatic carbocycles. The Balaban J connectivity index is 3.09. The quantitative estimate of drug-likeness (QED) is 0.585. The van der Waals surface area contributed by atoms with Crippen LogP contribution in [0.1, 0.15) is 19.4 Å². The van der Waals surface area contributed by atoms with Gasteiger partial charge in [-0.05, 0) is 19.9 Å². The summed E-state index contributed by atoms with van der Waals surface area (Å²) < 4.78 is 24.1. The summed E-state index contributed by atoms with van der Waals surface area (Å²) >= 11 is 0. The molecule has 0 fully saturated rings. The van der Waals surface area contributed by atoms with Crippen LogP contribution in [-0.4, -0.2) is 19.3 Å². The SMILES string of the molecule is COc1cc(CN=C=O)c(F)cc1OC(C)C. The molecule has 0 heterocycles. The highest BCUT2D eigenvalue weighted by molar-refractivity contribution is 5.44. The van der Waals surface area contributed by atoms with Crippen molar-refractivity contribution in [2.24, 2.45) is 4.99 Å². The van der Waals surface area contributed by atoms with Crippen LogP contribution in [0.15, 0.2) is 17.1 Å². The summed E-state index contributed by atoms with van der Waals surface area (Å²) in [5.41, 5.74) is 0.265. The first-order valence-corrected chi connectivity index (χ1v) is 5.15. The molecule has 0 aliphatic heterocycles. The van der Waals surface area contributed by atoms with Crippen molar-refractivity contribution in [3.63, 3.8) is 0 Å². The van der Waals surface area contributed by atoms with Crippen molar-refractivity contribution in [1.82, 2.24) is 0 Å². The van der Waals surface area contributed by atoms with Gasteiger partial charge in [0.2, 0.25) is 6.08 Å². The van der Waals surface area contributed by atoms with Crippen molar-refractivity contribution in [1.29, 1.82) is 0 Å². The van der Waals surface area contributed by atoms with Crippen molar-refractivity contribution < 1.29 is 18.7 Å². The molecule has 0 aliphatic rings. The maximum Gasteiger partial charge on any atom is 0.235 e. The summed E-state index contributed by atoms with van der Waals surface area (Å²) in [6.07, 6.45) is 1.28. The van der Waals surface area contributed by atoms with E-state index in [0.29, 0.717) is 11.5 Å². The molecule has 0 unspecified atom stereocenters. The smallest absolute Gasteiger partial charge is 0.235 e. The number of nitrogens with zero attached hydrogens (tertiary/aromatic N) is 1. The molecule has 1 aromatic carbocycles. The number of carbonyl (C=O) groups excluding carboxylic acids is 1. The fourth-order valence-electron chi connectivity index (χ4n) is 1.32. The predicted octanol–water partition coefficient (Wildman–Crippen LogP) is 2.46. The second-order valence-corrected chi connectivity index (χ2v) is 3.67. The van der Waals surface area contributed by atoms with Crippen LogP contribution in [0.3, 0.4) is 0 Å². The van der Waals surface area contributed by atoms with Crippen LogP contribution in [0.5, 0.6) is 11.5 Å². The van der Waals surface area contributed by atoms with Crippen molar-refractivity contribution in [2.45, 2.75) is 26.5 Å². The summed E-state index contributed by atoms with van der Waals surface area (Å²) in [7, 11) is 1.47. The van der Waals surface area contributed by atoms with Gasteiger partial charge in [0.1, 0.15) is 5.82 Å². The van der Waals surface area contributed by atoms with E-state index in [9.17, 15) is 9.18 Å². The Hall–Kier alpha value is -1.87. The molecular weight excluding hydrogens is 225 g/mol. The lowest BCUT2D eigenvalue weighted by molar-refractivity contribution is 0.229. The zero-order valence-corrected chi connectivity index (χ0v) is 9.99. The van der Waals surface area contributed by atoms with E-state index < -0.39 is 5.82 Å². The number of aliphatic imine (C=N–C) groups is 1. The van der Waals surface area contributed by atoms with Crippen LogP contribution in [0, 0.1) is 5.82 Å². The van der Waals surface area contributed by atoms with E-state index in [4.69, 9.17) is 9.47 Å². The molecule has 0 saturated heterocycles. The molecule has 92 valence electrons. The minimum absolute atomic E-state index is 0.0619. The van der Waals surface area contributed by atoms with Gasteiger partial charge in [0.15, 0.2) is 11.5 Å². The molecule has 0 aromatic heterocycles. The summed E-state index contributed by atoms with van der Waals surface area (Å²) in [6.45, 7) is 3.61. The molecule has 1 rings (SSSR count). The topological polar surface area (TPSA) is 47.9 Å². The highest BCUT2D eigenvalue weighted by Crippen LogP contribution is 2.31. The van der Waals surface area contributed by atoms with Crippen molar-refractivity contribution in [3.8, 4) is 11.5 Å². The van der Waals surface area contributed by atoms with Crippen LogP contribution in [-0.2, 0) is 11.3 Å². The van der Waals surface area contributed by atoms with Gasteiger partial charge >= 0.3 is 0 Å². The summed E-state index contributed by atoms with van der Waals surface area (Å²) in [5, 5.41) is 0. The van der Waals surface area contributed by atoms with Crippen LogP contribution < -0.4 is 9.47 Å². The number of methoxy groups -OCH3 is 1. The fourth-order valence-corrected chi connectivity index (χ4v) is 1.32. The molecule has 0 spiro atoms. The van der Waals surface area contributed by atoms with E-state index in [1.807, 2.05) is 13.8 Å². The van der Waals surface area contributed by atoms with Crippen LogP contribution in [0.4, 0.5) is 4.39 Å². The minimum atomic E-state index is -0.486. The first-order chi connectivity index (χ1) is 8.08. The fraction of sp³-hybridized carbons (Fsp3) is 0.417. The lowest BCUT2D eigenvalue weighted by atomic mass is 10.2. The van der Waals surface area contributed by atoms with Gasteiger partial charge in [-0.15, -0.1) is 0 Å². The average molecular weight is 239 g/mol. The first-order valence-electron chi connectivity index (χ1n) is 5.15. The molecule has 17 heavy (non-hydrogen) atoms. The third kappa shape index (κ3) is 3.57. The summed E-state index contributed by atoms with van der Waals surface area (Å²) in [5.74, 6) is 0.260. The van der Waals surface area contributed by atoms with E-state index in [1.165, 1.54) is 25.3 Å². The molecule has 5 heteroatoms. The van der Waals surface area contributed by atoms with Gasteiger partial charge in [-0.2, -0.15) is 0 Å². The van der Waals surface area contributed by atoms with Gasteiger partial charge in [-0.25, -0.2) is 14.2 Å². The number of hydrogen-bond donors (Lipinski definition) is 0. The van der Waals surface area contributed by atoms with E-state index in [1.54, 1.807) is 0 Å². The standard InChI is InChI=1S/C12H14FNO3/c1-8(2)17-12-5-10(13)9(6-14-7-15)4-11(12)16-3/h4-5,8H,6H2,1-3H3. The predicted molar refractivity (Wildman–Crippen MR) is 60.5 cm³/mol. The van der Waals surface area contributed by atoms with Crippen molar-refractivity contribution in [2.75, 3.05) is 7.11 Å². The van der Waals surface area contributed by atoms with Crippen molar-refractivity contribution in [3.05, 3.63) is 23.5 Å². The molecular formula is C12H14FNO3. The largest absolute Gasteiger partial charge is 0.493 e. The molecule has 0 radical (unpaired) electrons. The van der Waals surface area contributed by atoms with Crippen LogP contribution >= 0.6 is 0 Å². The molecule has 0 bridgehead atoms. The Morgan fingerprint density at radius 2 is 2.12 bits per heavy atom. The van der Waals surface area contributed by atoms with E-state index in [0.717, 1.165) is 0 Å². The molecule has 0 N–H and O–H groups in total. The normalized spacial score (nSPS) is 9.94. The minimum Gasteiger partial charge on any atom is -0.493 e. The third-order valence-electron chi connectivity index (χ3n) is 2.01. The van der Waals surface area contributed by atoms with Crippen LogP contribution in [0.25, 0.3) is 0 Å². The molecule has 0 amide bonds. The van der Waals surface area contributed by atoms with Gasteiger partial charge in [-0.3, -0.25) is 0 Å². The Kier molecular flexibility index (Phi) is 4.67. The van der Waals surface area contributed by atoms with Crippen molar-refractivity contribution >= 4 is 6.08 Å². The van der Waals surface area contributed by atoms with E-state index in [2.05, 4.69) is 4.99 Å². The zero-order valence-electron chi connectivity index (χ0n) is 9.99. The Bertz CT molecular complexity index is 440. The molecule has 0 atom stereocenters. The van der Waals surface area contributed by atoms with Gasteiger partial charge in [0, 0.05) is 11.6 Å². The maximum absolute atomic E-state index is 13.6. The number of ether oxygens (including phenoxy) is 2. The zero-order chi connectivity index (χ0) is 12.8. The average Bonchev–Trinajstić information content (AvgIpc) is 2.27. The Morgan fingerprint density at radius 1 is 1.41 bits per heavy atom. The highest BCUT2D eigenvalue weighted by Gasteiger charge is 2.12. The monoisotopic (exact) mass is 239 g/mol. The lowest BCUT2D eigenvalue weighted by Gasteiger charge is -2.14. The second kappa shape index (κ2) is 6.01. The first kappa shape index (κ1) is 13.2. The number of rotatable bonds is 5. The summed E-state index contributed by atoms with van der Waals surface area (Å²) in [4.78, 5) is 13.3. The number of hydrogen-bond acceptors (Lipinski definition) is 4. The maximum atomic E-state index is 13.6. The number of isocyanates is 1. The van der Waals surface area contributed by atoms with Gasteiger partial charge in [0.05, 0.1) is 19.8 Å². The molecule has 1 aromatic rings. The van der Waals surface area contributed by atoms with Gasteiger partial charge in [-0.1, -0.05) is 0 Å². The lowest BCUT2D eigenvalue weighted by Crippen LogP contribution is -2.07. The Labute approximate surface area is 99.1 Å². The van der Waals surface area contributed by atoms with Gasteiger partial charge < -0.3 is 9.47 Å². The Morgan fingerprint density at radius 3 is 2.65 bits per heavy atom. The van der Waals surface area contributed by atoms with E-state index in [-0.39, 0.29) is 18.2 Å². The molecule has 0 saturated carbocycles. The third-order valence-corrected chi connectivity index (χ3v) is 2.01. The molecule has 4 nitrogen and oxygen atoms in total. The number of benzene rings is 1. The van der Waals surface area contributed by atoms with E-state index >= 15 is 0 Å². The second-order valence-electron chi connectivity index (χ2n) is 3.67. The van der Waals surface area contributed by atoms with Crippen LogP contribution in [0.2, 0.25) is 0 Å².